The summed E-state index contributed by atoms with van der Waals surface area (Å²) in [7, 11) is 0. The van der Waals surface area contributed by atoms with Crippen molar-refractivity contribution in [2.24, 2.45) is 33.5 Å². The molecule has 1 aliphatic heterocycles. The molecule has 1 aromatic carbocycles. The van der Waals surface area contributed by atoms with Crippen LogP contribution in [0.1, 0.15) is 98.1 Å². The fourth-order valence-electron chi connectivity index (χ4n) is 9.81. The van der Waals surface area contributed by atoms with Crippen molar-refractivity contribution >= 4 is 0 Å². The van der Waals surface area contributed by atoms with Gasteiger partial charge in [-0.2, -0.15) is 0 Å². The van der Waals surface area contributed by atoms with E-state index in [0.717, 1.165) is 23.9 Å². The van der Waals surface area contributed by atoms with Crippen LogP contribution >= 0.6 is 0 Å². The smallest absolute Gasteiger partial charge is 0.0517 e. The van der Waals surface area contributed by atoms with E-state index in [9.17, 15) is 0 Å². The zero-order valence-electron chi connectivity index (χ0n) is 21.5. The van der Waals surface area contributed by atoms with Crippen molar-refractivity contribution in [1.29, 1.82) is 0 Å². The third-order valence-corrected chi connectivity index (χ3v) is 13.0. The maximum atomic E-state index is 3.02. The van der Waals surface area contributed by atoms with Crippen LogP contribution in [0.3, 0.4) is 0 Å². The minimum atomic E-state index is 0.450. The third-order valence-electron chi connectivity index (χ3n) is 13.0. The summed E-state index contributed by atoms with van der Waals surface area (Å²) in [5, 5.41) is 0. The molecule has 4 bridgehead atoms. The molecule has 0 amide bonds. The van der Waals surface area contributed by atoms with E-state index in [1.165, 1.54) is 58.2 Å². The highest BCUT2D eigenvalue weighted by Crippen LogP contribution is 2.69. The molecular weight excluding hydrogens is 388 g/mol. The molecule has 5 fully saturated rings. The topological polar surface area (TPSA) is 6.48 Å². The van der Waals surface area contributed by atoms with E-state index >= 15 is 0 Å². The average Bonchev–Trinajstić information content (AvgIpc) is 3.31. The van der Waals surface area contributed by atoms with Crippen LogP contribution in [0, 0.1) is 33.5 Å². The molecule has 32 heavy (non-hydrogen) atoms. The fourth-order valence-corrected chi connectivity index (χ4v) is 9.81. The highest BCUT2D eigenvalue weighted by molar-refractivity contribution is 5.23. The second-order valence-electron chi connectivity index (χ2n) is 13.9. The first-order valence-corrected chi connectivity index (χ1v) is 13.6. The number of fused-ring (bicyclic) bond motifs is 4. The molecule has 0 radical (unpaired) electrons. The lowest BCUT2D eigenvalue weighted by molar-refractivity contribution is -0.0821. The van der Waals surface area contributed by atoms with E-state index in [1.807, 2.05) is 0 Å². The predicted molar refractivity (Wildman–Crippen MR) is 133 cm³/mol. The number of rotatable bonds is 3. The first-order chi connectivity index (χ1) is 15.1. The largest absolute Gasteiger partial charge is 0.287 e. The molecule has 176 valence electrons. The van der Waals surface area contributed by atoms with E-state index in [2.05, 4.69) is 81.7 Å². The van der Waals surface area contributed by atoms with Gasteiger partial charge in [0.25, 0.3) is 0 Å². The van der Waals surface area contributed by atoms with E-state index in [4.69, 9.17) is 0 Å². The number of nitrogens with zero attached hydrogens (tertiary/aromatic N) is 2. The van der Waals surface area contributed by atoms with Crippen molar-refractivity contribution < 1.29 is 0 Å². The standard InChI is InChI=1S/C30H46N2/c1-27(2)22-12-15-29(27,5)25(18-22)31-17-14-24(21-10-8-7-9-11-21)32(20-31)26-19-23-13-16-30(26,6)28(23,3)4/h7-11,22-26H,12-20H2,1-6H3/t22-,23-,24?,25+,26+,29+,30+/m1/s1. The van der Waals surface area contributed by atoms with E-state index in [0.29, 0.717) is 27.7 Å². The molecule has 5 aliphatic rings. The Hall–Kier alpha value is -0.860. The second-order valence-corrected chi connectivity index (χ2v) is 13.9. The first kappa shape index (κ1) is 21.7. The molecule has 0 N–H and O–H groups in total. The van der Waals surface area contributed by atoms with Crippen LogP contribution in [0.2, 0.25) is 0 Å². The minimum Gasteiger partial charge on any atom is -0.287 e. The molecule has 2 heteroatoms. The molecule has 0 aromatic heterocycles. The summed E-state index contributed by atoms with van der Waals surface area (Å²) in [4.78, 5) is 5.98. The van der Waals surface area contributed by atoms with Crippen LogP contribution in [-0.4, -0.2) is 35.1 Å². The van der Waals surface area contributed by atoms with Crippen molar-refractivity contribution in [3.63, 3.8) is 0 Å². The number of hydrogen-bond acceptors (Lipinski definition) is 2. The quantitative estimate of drug-likeness (QED) is 0.499. The van der Waals surface area contributed by atoms with Gasteiger partial charge in [0.15, 0.2) is 0 Å². The number of hydrogen-bond donors (Lipinski definition) is 0. The summed E-state index contributed by atoms with van der Waals surface area (Å²) in [6, 6.07) is 13.6. The van der Waals surface area contributed by atoms with Crippen LogP contribution in [0.15, 0.2) is 30.3 Å². The minimum absolute atomic E-state index is 0.450. The zero-order chi connectivity index (χ0) is 22.5. The van der Waals surface area contributed by atoms with Gasteiger partial charge >= 0.3 is 0 Å². The molecule has 7 atom stereocenters. The zero-order valence-corrected chi connectivity index (χ0v) is 21.5. The Morgan fingerprint density at radius 1 is 0.719 bits per heavy atom. The van der Waals surface area contributed by atoms with Gasteiger partial charge in [-0.1, -0.05) is 71.9 Å². The summed E-state index contributed by atoms with van der Waals surface area (Å²) in [5.41, 5.74) is 3.46. The molecule has 1 heterocycles. The molecular formula is C30H46N2. The van der Waals surface area contributed by atoms with Gasteiger partial charge < -0.3 is 0 Å². The monoisotopic (exact) mass is 434 g/mol. The third kappa shape index (κ3) is 2.60. The van der Waals surface area contributed by atoms with Gasteiger partial charge in [0, 0.05) is 24.7 Å². The Morgan fingerprint density at radius 3 is 1.78 bits per heavy atom. The van der Waals surface area contributed by atoms with Gasteiger partial charge in [0.1, 0.15) is 0 Å². The Morgan fingerprint density at radius 2 is 1.28 bits per heavy atom. The summed E-state index contributed by atoms with van der Waals surface area (Å²) >= 11 is 0. The van der Waals surface area contributed by atoms with Crippen LogP contribution in [0.4, 0.5) is 0 Å². The van der Waals surface area contributed by atoms with Crippen LogP contribution < -0.4 is 0 Å². The van der Waals surface area contributed by atoms with Crippen molar-refractivity contribution in [3.8, 4) is 0 Å². The van der Waals surface area contributed by atoms with E-state index < -0.39 is 0 Å². The fraction of sp³-hybridized carbons (Fsp3) is 0.800. The van der Waals surface area contributed by atoms with Gasteiger partial charge in [-0.3, -0.25) is 9.80 Å². The lowest BCUT2D eigenvalue weighted by atomic mass is 9.68. The molecule has 2 nitrogen and oxygen atoms in total. The summed E-state index contributed by atoms with van der Waals surface area (Å²) < 4.78 is 0. The van der Waals surface area contributed by atoms with Gasteiger partial charge in [-0.05, 0) is 84.0 Å². The Balaban J connectivity index is 1.34. The van der Waals surface area contributed by atoms with Crippen LogP contribution in [0.25, 0.3) is 0 Å². The summed E-state index contributed by atoms with van der Waals surface area (Å²) in [6.45, 7) is 18.1. The summed E-state index contributed by atoms with van der Waals surface area (Å²) in [6.07, 6.45) is 9.90. The van der Waals surface area contributed by atoms with Crippen molar-refractivity contribution in [3.05, 3.63) is 35.9 Å². The maximum Gasteiger partial charge on any atom is 0.0517 e. The molecule has 4 saturated carbocycles. The van der Waals surface area contributed by atoms with Crippen molar-refractivity contribution in [2.75, 3.05) is 13.2 Å². The number of benzene rings is 1. The lowest BCUT2D eigenvalue weighted by Crippen LogP contribution is -2.59. The Labute approximate surface area is 197 Å². The molecule has 4 aliphatic carbocycles. The molecule has 0 spiro atoms. The van der Waals surface area contributed by atoms with Crippen molar-refractivity contribution in [1.82, 2.24) is 9.80 Å². The Kier molecular flexibility index (Phi) is 4.63. The van der Waals surface area contributed by atoms with Crippen LogP contribution in [0.5, 0.6) is 0 Å². The highest BCUT2D eigenvalue weighted by atomic mass is 15.4. The molecule has 1 saturated heterocycles. The first-order valence-electron chi connectivity index (χ1n) is 13.6. The lowest BCUT2D eigenvalue weighted by Gasteiger charge is -2.54. The molecule has 6 rings (SSSR count). The highest BCUT2D eigenvalue weighted by Gasteiger charge is 2.65. The second kappa shape index (κ2) is 6.85. The van der Waals surface area contributed by atoms with Gasteiger partial charge in [0.2, 0.25) is 0 Å². The maximum absolute atomic E-state index is 3.02. The van der Waals surface area contributed by atoms with Gasteiger partial charge in [0.05, 0.1) is 6.67 Å². The summed E-state index contributed by atoms with van der Waals surface area (Å²) in [5.74, 6) is 1.83. The SMILES string of the molecule is CC1(C)[C@@H]2CC[C@@]1(C)[C@@H](N1CCC(c3ccccc3)N([C@H]3C[C@H]4CC[C@]3(C)C4(C)C)C1)C2. The van der Waals surface area contributed by atoms with Crippen LogP contribution in [-0.2, 0) is 0 Å². The van der Waals surface area contributed by atoms with E-state index in [-0.39, 0.29) is 0 Å². The molecule has 1 unspecified atom stereocenters. The average molecular weight is 435 g/mol. The normalized spacial score (nSPS) is 47.4. The van der Waals surface area contributed by atoms with Crippen molar-refractivity contribution in [2.45, 2.75) is 105 Å². The predicted octanol–water partition coefficient (Wildman–Crippen LogP) is 7.12. The Bertz CT molecular complexity index is 874. The van der Waals surface area contributed by atoms with Gasteiger partial charge in [-0.15, -0.1) is 0 Å². The molecule has 1 aromatic rings. The van der Waals surface area contributed by atoms with Gasteiger partial charge in [-0.25, -0.2) is 0 Å². The van der Waals surface area contributed by atoms with E-state index in [1.54, 1.807) is 5.56 Å².